The maximum Gasteiger partial charge on any atom is 0.141 e. The molecule has 0 saturated carbocycles. The molecule has 0 amide bonds. The molecule has 13 heteroatoms. The smallest absolute Gasteiger partial charge is 0.141 e. The van der Waals surface area contributed by atoms with Crippen LogP contribution in [0.1, 0.15) is 0 Å². The summed E-state index contributed by atoms with van der Waals surface area (Å²) in [5, 5.41) is 2.88. The van der Waals surface area contributed by atoms with Crippen molar-refractivity contribution < 1.29 is 0 Å². The number of benzene rings is 3. The van der Waals surface area contributed by atoms with E-state index in [9.17, 15) is 0 Å². The summed E-state index contributed by atoms with van der Waals surface area (Å²) in [5.74, 6) is 0. The molecule has 0 aliphatic heterocycles. The fourth-order valence-electron chi connectivity index (χ4n) is 5.53. The van der Waals surface area contributed by atoms with Crippen LogP contribution in [0.5, 0.6) is 0 Å². The van der Waals surface area contributed by atoms with E-state index in [1.54, 1.807) is 0 Å². The Balaban J connectivity index is 2.46. The molecular weight excluding hydrogens is 360 g/mol. The van der Waals surface area contributed by atoms with Crippen LogP contribution in [0.3, 0.4) is 0 Å². The molecule has 31 heavy (non-hydrogen) atoms. The van der Waals surface area contributed by atoms with Gasteiger partial charge in [-0.25, -0.2) is 0 Å². The Morgan fingerprint density at radius 3 is 1.16 bits per heavy atom. The zero-order chi connectivity index (χ0) is 23.1. The maximum atomic E-state index is 2.60. The highest BCUT2D eigenvalue weighted by atomic mass is 15.0. The minimum absolute atomic E-state index is 1.33. The van der Waals surface area contributed by atoms with E-state index in [0.29, 0.717) is 0 Å². The van der Waals surface area contributed by atoms with Crippen LogP contribution >= 0.6 is 0 Å². The Morgan fingerprint density at radius 1 is 0.387 bits per heavy atom. The second-order valence-corrected chi connectivity index (χ2v) is 9.87. The van der Waals surface area contributed by atoms with Gasteiger partial charge < -0.3 is 4.57 Å². The molecule has 4 aromatic rings. The molecule has 1 aromatic heterocycles. The van der Waals surface area contributed by atoms with Gasteiger partial charge in [0.2, 0.25) is 0 Å². The number of aromatic nitrogens is 1. The first-order valence-corrected chi connectivity index (χ1v) is 11.5. The van der Waals surface area contributed by atoms with Crippen LogP contribution in [0.25, 0.3) is 27.5 Å². The molecule has 0 fully saturated rings. The number of fused-ring (bicyclic) bond motifs is 3. The van der Waals surface area contributed by atoms with Crippen LogP contribution in [0, 0.1) is 0 Å². The van der Waals surface area contributed by atoms with Gasteiger partial charge in [-0.3, -0.25) is 0 Å². The summed E-state index contributed by atoms with van der Waals surface area (Å²) in [6, 6.07) is 2.41. The molecule has 4 rings (SSSR count). The average Bonchev–Trinajstić information content (AvgIpc) is 3.10. The lowest BCUT2D eigenvalue weighted by atomic mass is 9.63. The largest absolute Gasteiger partial charge is 0.311 e. The first-order valence-electron chi connectivity index (χ1n) is 11.5. The van der Waals surface area contributed by atoms with E-state index in [0.717, 1.165) is 0 Å². The molecule has 3 aromatic carbocycles. The molecule has 138 valence electrons. The maximum absolute atomic E-state index is 2.60. The molecule has 1 heterocycles. The summed E-state index contributed by atoms with van der Waals surface area (Å²) in [6.07, 6.45) is 0. The normalized spacial score (nSPS) is 11.5. The summed E-state index contributed by atoms with van der Waals surface area (Å²) in [6.45, 7) is 0. The number of hydrogen-bond donors (Lipinski definition) is 0. The molecule has 0 radical (unpaired) electrons. The van der Waals surface area contributed by atoms with Crippen LogP contribution in [0.15, 0.2) is 6.07 Å². The standard InChI is InChI=1S/C18H25B12N/c19-2-1-3(7(21)10(24)6(2)20)31-17-4(8(22)11(25)13(27)15(17)29)5-9(23)12(26)14(28)16(30)18(5)31/h1H,19-30H2. The highest BCUT2D eigenvalue weighted by Crippen LogP contribution is 2.25. The fraction of sp³-hybridized carbons (Fsp3) is 0. The third kappa shape index (κ3) is 2.87. The van der Waals surface area contributed by atoms with Crippen molar-refractivity contribution in [2.75, 3.05) is 0 Å². The van der Waals surface area contributed by atoms with E-state index in [1.807, 2.05) is 0 Å². The van der Waals surface area contributed by atoms with Crippen molar-refractivity contribution in [3.63, 3.8) is 0 Å². The van der Waals surface area contributed by atoms with E-state index in [2.05, 4.69) is 105 Å². The van der Waals surface area contributed by atoms with Gasteiger partial charge in [-0.15, -0.1) is 16.4 Å². The van der Waals surface area contributed by atoms with Gasteiger partial charge in [0.25, 0.3) is 0 Å². The Labute approximate surface area is 197 Å². The number of nitrogens with zero attached hydrogens (tertiary/aromatic N) is 1. The SMILES string of the molecule is Bc1cc(-n2c3c(B)c(B)c(B)c(B)c3c3c(B)c(B)c(B)c(B)c32)c(B)c(B)c1B. The van der Waals surface area contributed by atoms with Crippen molar-refractivity contribution in [1.82, 2.24) is 4.57 Å². The Morgan fingerprint density at radius 2 is 0.742 bits per heavy atom. The van der Waals surface area contributed by atoms with Gasteiger partial charge >= 0.3 is 0 Å². The summed E-state index contributed by atoms with van der Waals surface area (Å²) in [7, 11) is 27.5. The van der Waals surface area contributed by atoms with Crippen molar-refractivity contribution in [2.24, 2.45) is 0 Å². The molecule has 1 nitrogen and oxygen atoms in total. The van der Waals surface area contributed by atoms with Gasteiger partial charge in [0.05, 0.1) is 0 Å². The fourth-order valence-corrected chi connectivity index (χ4v) is 5.53. The second kappa shape index (κ2) is 7.39. The van der Waals surface area contributed by atoms with E-state index in [1.165, 1.54) is 93.0 Å². The van der Waals surface area contributed by atoms with Crippen molar-refractivity contribution in [3.8, 4) is 5.69 Å². The molecule has 0 unspecified atom stereocenters. The molecular formula is C18H25B12N. The molecule has 0 aliphatic rings. The molecule has 0 spiro atoms. The van der Waals surface area contributed by atoms with Crippen molar-refractivity contribution in [2.45, 2.75) is 0 Å². The van der Waals surface area contributed by atoms with Crippen LogP contribution in [0.4, 0.5) is 0 Å². The lowest BCUT2D eigenvalue weighted by Gasteiger charge is -2.21. The lowest BCUT2D eigenvalue weighted by molar-refractivity contribution is 1.21. The number of hydrogen-bond acceptors (Lipinski definition) is 0. The van der Waals surface area contributed by atoms with Crippen molar-refractivity contribution >= 4 is 182 Å². The third-order valence-corrected chi connectivity index (χ3v) is 8.70. The van der Waals surface area contributed by atoms with Crippen LogP contribution in [-0.2, 0) is 0 Å². The van der Waals surface area contributed by atoms with E-state index in [4.69, 9.17) is 0 Å². The zero-order valence-electron chi connectivity index (χ0n) is 21.5. The van der Waals surface area contributed by atoms with E-state index in [-0.39, 0.29) is 0 Å². The Bertz CT molecular complexity index is 1380. The summed E-state index contributed by atoms with van der Waals surface area (Å²) in [4.78, 5) is 0. The summed E-state index contributed by atoms with van der Waals surface area (Å²) < 4.78 is 2.60. The van der Waals surface area contributed by atoms with Crippen LogP contribution < -0.4 is 65.6 Å². The van der Waals surface area contributed by atoms with Gasteiger partial charge in [0, 0.05) is 16.7 Å². The molecule has 0 atom stereocenters. The third-order valence-electron chi connectivity index (χ3n) is 8.70. The molecule has 0 N–H and O–H groups in total. The minimum atomic E-state index is 1.33. The first-order chi connectivity index (χ1) is 14.4. The van der Waals surface area contributed by atoms with Crippen LogP contribution in [0.2, 0.25) is 0 Å². The average molecular weight is 385 g/mol. The molecule has 0 bridgehead atoms. The molecule has 0 saturated heterocycles. The summed E-state index contributed by atoms with van der Waals surface area (Å²) in [5.41, 5.74) is 21.0. The van der Waals surface area contributed by atoms with Gasteiger partial charge in [-0.05, 0) is 16.8 Å². The van der Waals surface area contributed by atoms with Crippen molar-refractivity contribution in [3.05, 3.63) is 6.07 Å². The van der Waals surface area contributed by atoms with Gasteiger partial charge in [0.1, 0.15) is 94.2 Å². The van der Waals surface area contributed by atoms with Gasteiger partial charge in [0.15, 0.2) is 0 Å². The van der Waals surface area contributed by atoms with E-state index >= 15 is 0 Å². The molecule has 0 aliphatic carbocycles. The minimum Gasteiger partial charge on any atom is -0.311 e. The zero-order valence-corrected chi connectivity index (χ0v) is 21.5. The number of rotatable bonds is 1. The van der Waals surface area contributed by atoms with Gasteiger partial charge in [-0.2, -0.15) is 0 Å². The van der Waals surface area contributed by atoms with Gasteiger partial charge in [-0.1, -0.05) is 49.2 Å². The lowest BCUT2D eigenvalue weighted by Crippen LogP contribution is -2.50. The Hall–Kier alpha value is -1.76. The predicted octanol–water partition coefficient (Wildman–Crippen LogP) is -16.1. The Kier molecular flexibility index (Phi) is 5.35. The van der Waals surface area contributed by atoms with E-state index < -0.39 is 0 Å². The quantitative estimate of drug-likeness (QED) is 0.287. The topological polar surface area (TPSA) is 4.93 Å². The first kappa shape index (κ1) is 22.4. The highest BCUT2D eigenvalue weighted by molar-refractivity contribution is 6.71. The second-order valence-electron chi connectivity index (χ2n) is 9.87. The van der Waals surface area contributed by atoms with Crippen molar-refractivity contribution in [1.29, 1.82) is 0 Å². The predicted molar refractivity (Wildman–Crippen MR) is 179 cm³/mol. The van der Waals surface area contributed by atoms with Crippen LogP contribution in [-0.4, -0.2) is 98.7 Å². The highest BCUT2D eigenvalue weighted by Gasteiger charge is 2.24. The summed E-state index contributed by atoms with van der Waals surface area (Å²) >= 11 is 0. The monoisotopic (exact) mass is 387 g/mol.